The molecule has 0 bridgehead atoms. The lowest BCUT2D eigenvalue weighted by Crippen LogP contribution is -2.09. The first kappa shape index (κ1) is 9.77. The molecule has 0 aliphatic rings. The first-order valence-corrected chi connectivity index (χ1v) is 4.33. The molecule has 1 rings (SSSR count). The van der Waals surface area contributed by atoms with Crippen LogP contribution in [0.4, 0.5) is 0 Å². The third-order valence-corrected chi connectivity index (χ3v) is 1.99. The molecule has 1 atom stereocenters. The van der Waals surface area contributed by atoms with E-state index in [9.17, 15) is 0 Å². The Morgan fingerprint density at radius 2 is 2.38 bits per heavy atom. The minimum atomic E-state index is 0.240. The van der Waals surface area contributed by atoms with E-state index in [1.165, 1.54) is 6.21 Å². The van der Waals surface area contributed by atoms with Crippen molar-refractivity contribution in [2.24, 2.45) is 5.16 Å². The highest BCUT2D eigenvalue weighted by molar-refractivity contribution is 5.56. The molecule has 1 heterocycles. The molecule has 4 heteroatoms. The van der Waals surface area contributed by atoms with Crippen molar-refractivity contribution in [2.75, 3.05) is 0 Å². The number of hydrogen-bond acceptors (Lipinski definition) is 3. The summed E-state index contributed by atoms with van der Waals surface area (Å²) in [6, 6.07) is 2.27. The SMILES string of the molecule is Cc1cc(C)n(C(C)CC=NO)n1. The molecular weight excluding hydrogens is 166 g/mol. The summed E-state index contributed by atoms with van der Waals surface area (Å²) in [5.74, 6) is 0. The van der Waals surface area contributed by atoms with Crippen LogP contribution in [0.25, 0.3) is 0 Å². The Hall–Kier alpha value is -1.32. The van der Waals surface area contributed by atoms with Crippen LogP contribution in [0.3, 0.4) is 0 Å². The maximum atomic E-state index is 8.28. The van der Waals surface area contributed by atoms with Crippen LogP contribution in [-0.4, -0.2) is 21.2 Å². The summed E-state index contributed by atoms with van der Waals surface area (Å²) in [5, 5.41) is 15.6. The minimum Gasteiger partial charge on any atom is -0.411 e. The van der Waals surface area contributed by atoms with E-state index < -0.39 is 0 Å². The van der Waals surface area contributed by atoms with Gasteiger partial charge in [0.1, 0.15) is 0 Å². The first-order chi connectivity index (χ1) is 6.15. The molecule has 4 nitrogen and oxygen atoms in total. The van der Waals surface area contributed by atoms with Gasteiger partial charge >= 0.3 is 0 Å². The zero-order valence-electron chi connectivity index (χ0n) is 8.23. The van der Waals surface area contributed by atoms with Gasteiger partial charge in [-0.2, -0.15) is 5.10 Å². The van der Waals surface area contributed by atoms with Gasteiger partial charge in [-0.1, -0.05) is 0 Å². The number of nitrogens with zero attached hydrogens (tertiary/aromatic N) is 3. The maximum Gasteiger partial charge on any atom is 0.0596 e. The van der Waals surface area contributed by atoms with Gasteiger partial charge in [0.25, 0.3) is 0 Å². The standard InChI is InChI=1S/C9H15N3O/c1-7-6-9(3)12(11-7)8(2)4-5-10-13/h5-6,8,13H,4H2,1-3H3. The summed E-state index contributed by atoms with van der Waals surface area (Å²) in [5.41, 5.74) is 2.15. The number of aromatic nitrogens is 2. The van der Waals surface area contributed by atoms with Gasteiger partial charge in [-0.05, 0) is 26.8 Å². The summed E-state index contributed by atoms with van der Waals surface area (Å²) in [7, 11) is 0. The van der Waals surface area contributed by atoms with E-state index in [0.717, 1.165) is 11.4 Å². The van der Waals surface area contributed by atoms with Gasteiger partial charge in [-0.25, -0.2) is 0 Å². The second-order valence-electron chi connectivity index (χ2n) is 3.25. The van der Waals surface area contributed by atoms with Crippen molar-refractivity contribution in [3.63, 3.8) is 0 Å². The van der Waals surface area contributed by atoms with E-state index in [4.69, 9.17) is 5.21 Å². The van der Waals surface area contributed by atoms with E-state index in [1.54, 1.807) is 0 Å². The highest BCUT2D eigenvalue weighted by Crippen LogP contribution is 2.12. The molecular formula is C9H15N3O. The van der Waals surface area contributed by atoms with Crippen LogP contribution in [0.5, 0.6) is 0 Å². The fraction of sp³-hybridized carbons (Fsp3) is 0.556. The Morgan fingerprint density at radius 1 is 1.69 bits per heavy atom. The van der Waals surface area contributed by atoms with Crippen LogP contribution >= 0.6 is 0 Å². The lowest BCUT2D eigenvalue weighted by molar-refractivity contribution is 0.319. The van der Waals surface area contributed by atoms with Gasteiger partial charge in [-0.15, -0.1) is 5.16 Å². The zero-order chi connectivity index (χ0) is 9.84. The van der Waals surface area contributed by atoms with E-state index in [2.05, 4.69) is 10.3 Å². The second-order valence-corrected chi connectivity index (χ2v) is 3.25. The van der Waals surface area contributed by atoms with Crippen molar-refractivity contribution in [3.8, 4) is 0 Å². The largest absolute Gasteiger partial charge is 0.411 e. The molecule has 0 saturated carbocycles. The molecule has 0 aliphatic carbocycles. The van der Waals surface area contributed by atoms with Gasteiger partial charge in [0.05, 0.1) is 11.7 Å². The quantitative estimate of drug-likeness (QED) is 0.440. The van der Waals surface area contributed by atoms with Gasteiger partial charge in [0.15, 0.2) is 0 Å². The van der Waals surface area contributed by atoms with Crippen molar-refractivity contribution in [3.05, 3.63) is 17.5 Å². The van der Waals surface area contributed by atoms with Crippen molar-refractivity contribution in [1.82, 2.24) is 9.78 Å². The molecule has 1 aromatic rings. The van der Waals surface area contributed by atoms with Crippen LogP contribution in [0.2, 0.25) is 0 Å². The highest BCUT2D eigenvalue weighted by Gasteiger charge is 2.07. The number of hydrogen-bond donors (Lipinski definition) is 1. The van der Waals surface area contributed by atoms with Gasteiger partial charge in [-0.3, -0.25) is 4.68 Å². The first-order valence-electron chi connectivity index (χ1n) is 4.33. The van der Waals surface area contributed by atoms with Gasteiger partial charge < -0.3 is 5.21 Å². The monoisotopic (exact) mass is 181 g/mol. The summed E-state index contributed by atoms with van der Waals surface area (Å²) in [4.78, 5) is 0. The molecule has 1 N–H and O–H groups in total. The molecule has 1 aromatic heterocycles. The predicted molar refractivity (Wildman–Crippen MR) is 51.3 cm³/mol. The van der Waals surface area contributed by atoms with Gasteiger partial charge in [0.2, 0.25) is 0 Å². The second kappa shape index (κ2) is 4.07. The topological polar surface area (TPSA) is 50.4 Å². The Morgan fingerprint density at radius 3 is 2.85 bits per heavy atom. The third-order valence-electron chi connectivity index (χ3n) is 1.99. The minimum absolute atomic E-state index is 0.240. The average Bonchev–Trinajstić information content (AvgIpc) is 2.41. The Bertz CT molecular complexity index is 304. The van der Waals surface area contributed by atoms with Crippen molar-refractivity contribution < 1.29 is 5.21 Å². The fourth-order valence-corrected chi connectivity index (χ4v) is 1.39. The molecule has 0 spiro atoms. The van der Waals surface area contributed by atoms with Crippen LogP contribution in [0.15, 0.2) is 11.2 Å². The molecule has 0 saturated heterocycles. The number of aryl methyl sites for hydroxylation is 2. The van der Waals surface area contributed by atoms with Crippen LogP contribution in [0.1, 0.15) is 30.8 Å². The fourth-order valence-electron chi connectivity index (χ4n) is 1.39. The lowest BCUT2D eigenvalue weighted by atomic mass is 10.2. The summed E-state index contributed by atoms with van der Waals surface area (Å²) < 4.78 is 1.94. The third kappa shape index (κ3) is 2.31. The Kier molecular flexibility index (Phi) is 3.06. The van der Waals surface area contributed by atoms with Crippen LogP contribution in [-0.2, 0) is 0 Å². The summed E-state index contributed by atoms with van der Waals surface area (Å²) in [6.45, 7) is 6.03. The molecule has 72 valence electrons. The highest BCUT2D eigenvalue weighted by atomic mass is 16.4. The van der Waals surface area contributed by atoms with Crippen molar-refractivity contribution in [1.29, 1.82) is 0 Å². The van der Waals surface area contributed by atoms with Crippen LogP contribution in [0, 0.1) is 13.8 Å². The Balaban J connectivity index is 2.75. The van der Waals surface area contributed by atoms with Crippen molar-refractivity contribution >= 4 is 6.21 Å². The van der Waals surface area contributed by atoms with Crippen LogP contribution < -0.4 is 0 Å². The van der Waals surface area contributed by atoms with Gasteiger partial charge in [0, 0.05) is 18.3 Å². The maximum absolute atomic E-state index is 8.28. The molecule has 0 fully saturated rings. The molecule has 13 heavy (non-hydrogen) atoms. The predicted octanol–water partition coefficient (Wildman–Crippen LogP) is 1.91. The smallest absolute Gasteiger partial charge is 0.0596 e. The van der Waals surface area contributed by atoms with E-state index >= 15 is 0 Å². The normalized spacial score (nSPS) is 13.8. The van der Waals surface area contributed by atoms with E-state index in [1.807, 2.05) is 31.5 Å². The number of rotatable bonds is 3. The Labute approximate surface area is 77.9 Å². The molecule has 0 amide bonds. The zero-order valence-corrected chi connectivity index (χ0v) is 8.23. The van der Waals surface area contributed by atoms with Crippen molar-refractivity contribution in [2.45, 2.75) is 33.2 Å². The molecule has 1 unspecified atom stereocenters. The summed E-state index contributed by atoms with van der Waals surface area (Å²) in [6.07, 6.45) is 2.18. The molecule has 0 aromatic carbocycles. The summed E-state index contributed by atoms with van der Waals surface area (Å²) >= 11 is 0. The molecule has 0 aliphatic heterocycles. The average molecular weight is 181 g/mol. The van der Waals surface area contributed by atoms with E-state index in [-0.39, 0.29) is 6.04 Å². The van der Waals surface area contributed by atoms with E-state index in [0.29, 0.717) is 6.42 Å². The molecule has 0 radical (unpaired) electrons. The lowest BCUT2D eigenvalue weighted by Gasteiger charge is -2.10. The number of oxime groups is 1.